The number of benzene rings is 4. The molecule has 0 aliphatic carbocycles. The molecule has 4 aromatic carbocycles. The molecule has 60 heavy (non-hydrogen) atoms. The van der Waals surface area contributed by atoms with Crippen molar-refractivity contribution in [3.63, 3.8) is 0 Å². The lowest BCUT2D eigenvalue weighted by atomic mass is 9.99. The lowest BCUT2D eigenvalue weighted by molar-refractivity contribution is -0.134. The maximum atomic E-state index is 14.3. The van der Waals surface area contributed by atoms with Gasteiger partial charge in [0.1, 0.15) is 30.0 Å². The van der Waals surface area contributed by atoms with E-state index in [4.69, 9.17) is 28.7 Å². The van der Waals surface area contributed by atoms with Crippen LogP contribution in [0.3, 0.4) is 0 Å². The molecule has 0 aromatic heterocycles. The average molecular weight is 824 g/mol. The number of hydrogen-bond donors (Lipinski definition) is 9. The molecule has 318 valence electrons. The topological polar surface area (TPSA) is 288 Å². The first-order valence-electron chi connectivity index (χ1n) is 19.5. The van der Waals surface area contributed by atoms with Crippen LogP contribution in [-0.4, -0.2) is 72.2 Å². The van der Waals surface area contributed by atoms with E-state index in [9.17, 15) is 28.4 Å². The molecule has 0 unspecified atom stereocenters. The van der Waals surface area contributed by atoms with Crippen LogP contribution in [0.2, 0.25) is 0 Å². The van der Waals surface area contributed by atoms with Crippen LogP contribution in [0.15, 0.2) is 101 Å². The Kier molecular flexibility index (Phi) is 16.9. The summed E-state index contributed by atoms with van der Waals surface area (Å²) in [6.07, 6.45) is 0.503. The lowest BCUT2D eigenvalue weighted by Gasteiger charge is -2.27. The van der Waals surface area contributed by atoms with Gasteiger partial charge < -0.3 is 49.9 Å². The van der Waals surface area contributed by atoms with Crippen molar-refractivity contribution in [3.05, 3.63) is 114 Å². The number of fused-ring (bicyclic) bond motifs is 1. The minimum Gasteiger partial charge on any atom is -0.370 e. The molecule has 16 nitrogen and oxygen atoms in total. The van der Waals surface area contributed by atoms with Crippen LogP contribution in [0.5, 0.6) is 0 Å². The number of guanidine groups is 2. The number of primary amides is 1. The quantitative estimate of drug-likeness (QED) is 0.0333. The highest BCUT2D eigenvalue weighted by atomic mass is 19.1. The van der Waals surface area contributed by atoms with Crippen molar-refractivity contribution < 1.29 is 28.4 Å². The van der Waals surface area contributed by atoms with Gasteiger partial charge in [-0.05, 0) is 76.9 Å². The normalized spacial score (nSPS) is 12.9. The Morgan fingerprint density at radius 2 is 1.15 bits per heavy atom. The number of aliphatic imine (C=N–C) groups is 2. The predicted octanol–water partition coefficient (Wildman–Crippen LogP) is 1.44. The zero-order valence-electron chi connectivity index (χ0n) is 33.7. The first kappa shape index (κ1) is 45.7. The fourth-order valence-corrected chi connectivity index (χ4v) is 6.45. The van der Waals surface area contributed by atoms with Gasteiger partial charge in [-0.25, -0.2) is 9.38 Å². The van der Waals surface area contributed by atoms with Crippen LogP contribution in [0.1, 0.15) is 49.8 Å². The van der Waals surface area contributed by atoms with Gasteiger partial charge in [0, 0.05) is 19.4 Å². The predicted molar refractivity (Wildman–Crippen MR) is 230 cm³/mol. The standard InChI is InChI=1S/C43H54FN11O5/c1-25(2)20-34(39(58)53-33(38(45)57)8-5-19-50-42(46)47)54-41(60)36(23-27-12-17-32(18-13-27)51-43(48)49)55-40(59)35(22-26-10-15-31(44)16-11-26)52-37(56)24-28-9-14-29-6-3-4-7-30(29)21-28/h3-4,6-7,9-18,21,25,33-36H,5,8,19-20,22-24H2,1-2H3,(H2,45,57)(H,52,56)(H,53,58)(H,54,60)(H,55,59)(H4,46,47,50)(H4,48,49,51)/t33-,34-,35-,36-/m0/s1. The molecular weight excluding hydrogens is 770 g/mol. The number of amides is 5. The second-order valence-corrected chi connectivity index (χ2v) is 14.9. The summed E-state index contributed by atoms with van der Waals surface area (Å²) >= 11 is 0. The molecule has 0 bridgehead atoms. The number of halogens is 1. The minimum absolute atomic E-state index is 0.0345. The van der Waals surface area contributed by atoms with Gasteiger partial charge in [0.2, 0.25) is 29.5 Å². The maximum absolute atomic E-state index is 14.3. The lowest BCUT2D eigenvalue weighted by Crippen LogP contribution is -2.59. The van der Waals surface area contributed by atoms with Crippen LogP contribution in [0.4, 0.5) is 10.1 Å². The van der Waals surface area contributed by atoms with Crippen LogP contribution >= 0.6 is 0 Å². The Hall–Kier alpha value is -7.04. The van der Waals surface area contributed by atoms with Gasteiger partial charge in [0.25, 0.3) is 0 Å². The third-order valence-electron chi connectivity index (χ3n) is 9.40. The molecule has 0 aliphatic rings. The van der Waals surface area contributed by atoms with E-state index in [-0.39, 0.29) is 56.5 Å². The van der Waals surface area contributed by atoms with Crippen molar-refractivity contribution in [1.82, 2.24) is 21.3 Å². The summed E-state index contributed by atoms with van der Waals surface area (Å²) in [5.41, 5.74) is 29.7. The Bertz CT molecular complexity index is 2170. The molecule has 0 saturated carbocycles. The van der Waals surface area contributed by atoms with Gasteiger partial charge in [-0.15, -0.1) is 0 Å². The van der Waals surface area contributed by atoms with E-state index < -0.39 is 59.5 Å². The fraction of sp³-hybridized carbons (Fsp3) is 0.326. The summed E-state index contributed by atoms with van der Waals surface area (Å²) < 4.78 is 13.9. The number of nitrogens with two attached hydrogens (primary N) is 5. The number of hydrogen-bond acceptors (Lipinski definition) is 7. The summed E-state index contributed by atoms with van der Waals surface area (Å²) in [7, 11) is 0. The molecular formula is C43H54FN11O5. The molecule has 4 atom stereocenters. The summed E-state index contributed by atoms with van der Waals surface area (Å²) in [6, 6.07) is 20.7. The van der Waals surface area contributed by atoms with Crippen molar-refractivity contribution >= 4 is 57.9 Å². The third kappa shape index (κ3) is 15.0. The van der Waals surface area contributed by atoms with E-state index >= 15 is 0 Å². The zero-order valence-corrected chi connectivity index (χ0v) is 33.7. The molecule has 5 amide bonds. The van der Waals surface area contributed by atoms with Gasteiger partial charge in [0.05, 0.1) is 12.1 Å². The highest BCUT2D eigenvalue weighted by Gasteiger charge is 2.32. The van der Waals surface area contributed by atoms with E-state index in [0.717, 1.165) is 16.3 Å². The highest BCUT2D eigenvalue weighted by Crippen LogP contribution is 2.18. The smallest absolute Gasteiger partial charge is 0.243 e. The first-order valence-corrected chi connectivity index (χ1v) is 19.5. The third-order valence-corrected chi connectivity index (χ3v) is 9.40. The number of rotatable bonds is 21. The average Bonchev–Trinajstić information content (AvgIpc) is 3.19. The van der Waals surface area contributed by atoms with E-state index in [1.165, 1.54) is 24.3 Å². The fourth-order valence-electron chi connectivity index (χ4n) is 6.45. The van der Waals surface area contributed by atoms with Crippen LogP contribution in [-0.2, 0) is 43.2 Å². The largest absolute Gasteiger partial charge is 0.370 e. The Morgan fingerprint density at radius 1 is 0.617 bits per heavy atom. The summed E-state index contributed by atoms with van der Waals surface area (Å²) in [6.45, 7) is 3.91. The molecule has 0 aliphatic heterocycles. The summed E-state index contributed by atoms with van der Waals surface area (Å²) in [4.78, 5) is 76.0. The van der Waals surface area contributed by atoms with Crippen molar-refractivity contribution in [2.75, 3.05) is 6.54 Å². The van der Waals surface area contributed by atoms with Crippen molar-refractivity contribution in [3.8, 4) is 0 Å². The second kappa shape index (κ2) is 22.2. The number of carbonyl (C=O) groups is 5. The number of carbonyl (C=O) groups excluding carboxylic acids is 5. The molecule has 0 spiro atoms. The van der Waals surface area contributed by atoms with Crippen molar-refractivity contribution in [1.29, 1.82) is 0 Å². The van der Waals surface area contributed by atoms with E-state index in [1.54, 1.807) is 24.3 Å². The van der Waals surface area contributed by atoms with Crippen molar-refractivity contribution in [2.45, 2.75) is 76.5 Å². The maximum Gasteiger partial charge on any atom is 0.243 e. The molecule has 14 N–H and O–H groups in total. The zero-order chi connectivity index (χ0) is 43.8. The molecule has 0 saturated heterocycles. The molecule has 0 radical (unpaired) electrons. The minimum atomic E-state index is -1.28. The molecule has 4 aromatic rings. The van der Waals surface area contributed by atoms with Gasteiger partial charge in [0.15, 0.2) is 11.9 Å². The van der Waals surface area contributed by atoms with E-state index in [2.05, 4.69) is 31.3 Å². The Labute approximate surface area is 348 Å². The van der Waals surface area contributed by atoms with Crippen LogP contribution in [0, 0.1) is 11.7 Å². The van der Waals surface area contributed by atoms with Gasteiger partial charge in [-0.2, -0.15) is 0 Å². The van der Waals surface area contributed by atoms with Gasteiger partial charge in [-0.1, -0.05) is 80.6 Å². The van der Waals surface area contributed by atoms with Crippen molar-refractivity contribution in [2.24, 2.45) is 44.6 Å². The molecule has 4 rings (SSSR count). The van der Waals surface area contributed by atoms with E-state index in [1.807, 2.05) is 56.3 Å². The summed E-state index contributed by atoms with van der Waals surface area (Å²) in [5.74, 6) is -4.17. The van der Waals surface area contributed by atoms with Gasteiger partial charge in [-0.3, -0.25) is 29.0 Å². The van der Waals surface area contributed by atoms with Crippen LogP contribution in [0.25, 0.3) is 10.8 Å². The SMILES string of the molecule is CC(C)C[C@H](NC(=O)[C@H](Cc1ccc(N=C(N)N)cc1)NC(=O)[C@H](Cc1ccc(F)cc1)NC(=O)Cc1ccc2ccccc2c1)C(=O)N[C@@H](CCCN=C(N)N)C(N)=O. The molecule has 0 heterocycles. The van der Waals surface area contributed by atoms with E-state index in [0.29, 0.717) is 23.2 Å². The highest BCUT2D eigenvalue weighted by molar-refractivity contribution is 5.96. The number of nitrogens with zero attached hydrogens (tertiary/aromatic N) is 2. The molecule has 17 heteroatoms. The summed E-state index contributed by atoms with van der Waals surface area (Å²) in [5, 5.41) is 12.9. The Balaban J connectivity index is 1.61. The monoisotopic (exact) mass is 823 g/mol. The second-order valence-electron chi connectivity index (χ2n) is 14.9. The molecule has 0 fully saturated rings. The number of nitrogens with one attached hydrogen (secondary N) is 4. The first-order chi connectivity index (χ1) is 28.6. The van der Waals surface area contributed by atoms with Crippen LogP contribution < -0.4 is 49.9 Å². The van der Waals surface area contributed by atoms with Gasteiger partial charge >= 0.3 is 0 Å². The Morgan fingerprint density at radius 3 is 1.73 bits per heavy atom.